The maximum Gasteiger partial charge on any atom is 0.252 e. The topological polar surface area (TPSA) is 29.1 Å². The van der Waals surface area contributed by atoms with Crippen LogP contribution in [0.2, 0.25) is 0 Å². The molecule has 18 heavy (non-hydrogen) atoms. The Balaban J connectivity index is 2.01. The molecule has 0 aromatic heterocycles. The van der Waals surface area contributed by atoms with Crippen LogP contribution in [0.15, 0.2) is 24.3 Å². The van der Waals surface area contributed by atoms with Crippen molar-refractivity contribution in [1.29, 1.82) is 0 Å². The summed E-state index contributed by atoms with van der Waals surface area (Å²) in [6.45, 7) is 2.18. The number of thioether (sulfide) groups is 1. The average Bonchev–Trinajstić information content (AvgIpc) is 2.78. The molecule has 1 aromatic rings. The molecule has 1 N–H and O–H groups in total. The maximum absolute atomic E-state index is 12.2. The summed E-state index contributed by atoms with van der Waals surface area (Å²) in [5.41, 5.74) is 0.797. The predicted molar refractivity (Wildman–Crippen MR) is 86.2 cm³/mol. The third-order valence-electron chi connectivity index (χ3n) is 3.27. The lowest BCUT2D eigenvalue weighted by Crippen LogP contribution is -2.39. The van der Waals surface area contributed by atoms with Gasteiger partial charge in [0.15, 0.2) is 0 Å². The number of carbonyl (C=O) groups excluding carboxylic acids is 1. The quantitative estimate of drug-likeness (QED) is 0.814. The van der Waals surface area contributed by atoms with E-state index in [-0.39, 0.29) is 5.91 Å². The summed E-state index contributed by atoms with van der Waals surface area (Å²) in [5.74, 6) is 1.20. The molecule has 2 nitrogen and oxygen atoms in total. The Morgan fingerprint density at radius 1 is 1.44 bits per heavy atom. The molecule has 0 spiro atoms. The summed E-state index contributed by atoms with van der Waals surface area (Å²) in [4.78, 5) is 12.2. The van der Waals surface area contributed by atoms with E-state index < -0.39 is 0 Å². The number of halogens is 1. The second-order valence-electron chi connectivity index (χ2n) is 4.48. The lowest BCUT2D eigenvalue weighted by molar-refractivity contribution is 0.0938. The van der Waals surface area contributed by atoms with E-state index in [1.807, 2.05) is 36.0 Å². The van der Waals surface area contributed by atoms with Crippen molar-refractivity contribution in [3.63, 3.8) is 0 Å². The lowest BCUT2D eigenvalue weighted by Gasteiger charge is -2.20. The highest BCUT2D eigenvalue weighted by atomic mass is 127. The molecule has 0 heterocycles. The number of hydrogen-bond acceptors (Lipinski definition) is 2. The summed E-state index contributed by atoms with van der Waals surface area (Å²) in [6.07, 6.45) is 3.58. The van der Waals surface area contributed by atoms with Gasteiger partial charge in [-0.25, -0.2) is 0 Å². The maximum atomic E-state index is 12.2. The van der Waals surface area contributed by atoms with Gasteiger partial charge in [-0.1, -0.05) is 25.5 Å². The van der Waals surface area contributed by atoms with Gasteiger partial charge >= 0.3 is 0 Å². The number of benzene rings is 1. The molecule has 0 aliphatic heterocycles. The van der Waals surface area contributed by atoms with Crippen LogP contribution in [0.25, 0.3) is 0 Å². The van der Waals surface area contributed by atoms with Crippen molar-refractivity contribution in [2.75, 3.05) is 5.75 Å². The minimum absolute atomic E-state index is 0.0774. The van der Waals surface area contributed by atoms with Crippen molar-refractivity contribution in [1.82, 2.24) is 5.32 Å². The van der Waals surface area contributed by atoms with Crippen LogP contribution in [0, 0.1) is 3.57 Å². The highest BCUT2D eigenvalue weighted by Gasteiger charge is 2.28. The normalized spacial score (nSPS) is 23.0. The van der Waals surface area contributed by atoms with Crippen LogP contribution in [0.5, 0.6) is 0 Å². The van der Waals surface area contributed by atoms with Gasteiger partial charge in [0.2, 0.25) is 0 Å². The van der Waals surface area contributed by atoms with E-state index in [1.54, 1.807) is 0 Å². The monoisotopic (exact) mass is 375 g/mol. The van der Waals surface area contributed by atoms with Gasteiger partial charge in [0.1, 0.15) is 0 Å². The highest BCUT2D eigenvalue weighted by Crippen LogP contribution is 2.30. The zero-order valence-corrected chi connectivity index (χ0v) is 13.5. The van der Waals surface area contributed by atoms with Crippen LogP contribution in [-0.4, -0.2) is 23.0 Å². The van der Waals surface area contributed by atoms with Gasteiger partial charge in [-0.3, -0.25) is 4.79 Å². The van der Waals surface area contributed by atoms with Gasteiger partial charge in [-0.05, 0) is 53.3 Å². The van der Waals surface area contributed by atoms with Gasteiger partial charge in [0.05, 0.1) is 5.56 Å². The fourth-order valence-corrected chi connectivity index (χ4v) is 4.23. The molecule has 2 rings (SSSR count). The van der Waals surface area contributed by atoms with Crippen molar-refractivity contribution in [3.8, 4) is 0 Å². The van der Waals surface area contributed by atoms with E-state index in [0.29, 0.717) is 11.3 Å². The van der Waals surface area contributed by atoms with E-state index in [0.717, 1.165) is 21.3 Å². The van der Waals surface area contributed by atoms with Crippen molar-refractivity contribution in [3.05, 3.63) is 33.4 Å². The molecule has 4 heteroatoms. The van der Waals surface area contributed by atoms with Crippen LogP contribution in [0.1, 0.15) is 36.5 Å². The van der Waals surface area contributed by atoms with Gasteiger partial charge in [0, 0.05) is 14.9 Å². The van der Waals surface area contributed by atoms with Crippen LogP contribution in [0.4, 0.5) is 0 Å². The first-order valence-corrected chi connectivity index (χ1v) is 8.52. The Morgan fingerprint density at radius 2 is 2.22 bits per heavy atom. The molecule has 98 valence electrons. The van der Waals surface area contributed by atoms with E-state index in [4.69, 9.17) is 0 Å². The highest BCUT2D eigenvalue weighted by molar-refractivity contribution is 14.1. The van der Waals surface area contributed by atoms with E-state index in [2.05, 4.69) is 34.8 Å². The molecule has 1 aliphatic rings. The summed E-state index contributed by atoms with van der Waals surface area (Å²) in [5, 5.41) is 3.80. The van der Waals surface area contributed by atoms with Gasteiger partial charge < -0.3 is 5.32 Å². The average molecular weight is 375 g/mol. The number of hydrogen-bond donors (Lipinski definition) is 1. The SMILES string of the molecule is CCSC1CCCC1NC(=O)c1ccccc1I. The third-order valence-corrected chi connectivity index (χ3v) is 5.53. The Bertz CT molecular complexity index is 424. The van der Waals surface area contributed by atoms with E-state index >= 15 is 0 Å². The molecule has 0 radical (unpaired) electrons. The zero-order valence-electron chi connectivity index (χ0n) is 10.5. The summed E-state index contributed by atoms with van der Waals surface area (Å²) >= 11 is 4.19. The fourth-order valence-electron chi connectivity index (χ4n) is 2.40. The first-order valence-electron chi connectivity index (χ1n) is 6.39. The smallest absolute Gasteiger partial charge is 0.252 e. The second-order valence-corrected chi connectivity index (χ2v) is 7.16. The summed E-state index contributed by atoms with van der Waals surface area (Å²) in [6, 6.07) is 8.10. The second kappa shape index (κ2) is 6.80. The molecule has 2 unspecified atom stereocenters. The van der Waals surface area contributed by atoms with Gasteiger partial charge in [-0.15, -0.1) is 0 Å². The van der Waals surface area contributed by atoms with Crippen LogP contribution < -0.4 is 5.32 Å². The van der Waals surface area contributed by atoms with Crippen LogP contribution in [-0.2, 0) is 0 Å². The van der Waals surface area contributed by atoms with E-state index in [1.165, 1.54) is 12.8 Å². The summed E-state index contributed by atoms with van der Waals surface area (Å²) < 4.78 is 1.02. The molecule has 1 aliphatic carbocycles. The van der Waals surface area contributed by atoms with Gasteiger partial charge in [0.25, 0.3) is 5.91 Å². The molecule has 0 saturated heterocycles. The number of rotatable bonds is 4. The molecular weight excluding hydrogens is 357 g/mol. The van der Waals surface area contributed by atoms with Crippen molar-refractivity contribution < 1.29 is 4.79 Å². The molecule has 1 amide bonds. The molecule has 1 fully saturated rings. The van der Waals surface area contributed by atoms with Crippen molar-refractivity contribution >= 4 is 40.3 Å². The predicted octanol–water partition coefficient (Wildman–Crippen LogP) is 3.70. The van der Waals surface area contributed by atoms with E-state index in [9.17, 15) is 4.79 Å². The number of carbonyl (C=O) groups is 1. The largest absolute Gasteiger partial charge is 0.348 e. The molecule has 0 bridgehead atoms. The first kappa shape index (κ1) is 14.2. The standard InChI is InChI=1S/C14H18INOS/c1-2-18-13-9-5-8-12(13)16-14(17)10-6-3-4-7-11(10)15/h3-4,6-7,12-13H,2,5,8-9H2,1H3,(H,16,17). The minimum atomic E-state index is 0.0774. The first-order chi connectivity index (χ1) is 8.72. The van der Waals surface area contributed by atoms with Crippen molar-refractivity contribution in [2.45, 2.75) is 37.5 Å². The summed E-state index contributed by atoms with van der Waals surface area (Å²) in [7, 11) is 0. The van der Waals surface area contributed by atoms with Gasteiger partial charge in [-0.2, -0.15) is 11.8 Å². The number of amides is 1. The Morgan fingerprint density at radius 3 is 2.94 bits per heavy atom. The molecule has 1 aromatic carbocycles. The molecule has 2 atom stereocenters. The fraction of sp³-hybridized carbons (Fsp3) is 0.500. The molecule has 1 saturated carbocycles. The number of nitrogens with one attached hydrogen (secondary N) is 1. The minimum Gasteiger partial charge on any atom is -0.348 e. The Labute approximate surface area is 126 Å². The Kier molecular flexibility index (Phi) is 5.36. The van der Waals surface area contributed by atoms with Crippen molar-refractivity contribution in [2.24, 2.45) is 0 Å². The third kappa shape index (κ3) is 3.41. The van der Waals surface area contributed by atoms with Crippen LogP contribution in [0.3, 0.4) is 0 Å². The zero-order chi connectivity index (χ0) is 13.0. The van der Waals surface area contributed by atoms with Crippen LogP contribution >= 0.6 is 34.4 Å². The molecular formula is C14H18INOS. The lowest BCUT2D eigenvalue weighted by atomic mass is 10.2. The Hall–Kier alpha value is -0.230.